The van der Waals surface area contributed by atoms with E-state index in [1.54, 1.807) is 0 Å². The number of hydrogen-bond donors (Lipinski definition) is 1. The lowest BCUT2D eigenvalue weighted by molar-refractivity contribution is -0.133. The molecule has 1 amide bonds. The summed E-state index contributed by atoms with van der Waals surface area (Å²) in [5, 5.41) is 7.16. The minimum Gasteiger partial charge on any atom is -0.340 e. The highest BCUT2D eigenvalue weighted by Crippen LogP contribution is 2.16. The molecular weight excluding hydrogens is 282 g/mol. The van der Waals surface area contributed by atoms with Crippen LogP contribution in [-0.2, 0) is 11.3 Å². The molecule has 1 N–H and O–H groups in total. The van der Waals surface area contributed by atoms with Gasteiger partial charge in [0.05, 0.1) is 6.54 Å². The number of carbonyl (C=O) groups excluding carboxylic acids is 1. The van der Waals surface area contributed by atoms with E-state index in [9.17, 15) is 4.79 Å². The van der Waals surface area contributed by atoms with E-state index in [2.05, 4.69) is 20.4 Å². The van der Waals surface area contributed by atoms with Crippen molar-refractivity contribution in [3.05, 3.63) is 11.7 Å². The van der Waals surface area contributed by atoms with Crippen molar-refractivity contribution in [3.63, 3.8) is 0 Å². The largest absolute Gasteiger partial charge is 0.340 e. The van der Waals surface area contributed by atoms with Crippen LogP contribution in [0.4, 0.5) is 0 Å². The number of nitrogens with one attached hydrogen (secondary N) is 1. The van der Waals surface area contributed by atoms with Gasteiger partial charge in [-0.15, -0.1) is 0 Å². The Labute approximate surface area is 131 Å². The minimum absolute atomic E-state index is 0.306. The van der Waals surface area contributed by atoms with Crippen LogP contribution in [0.1, 0.15) is 31.0 Å². The van der Waals surface area contributed by atoms with Crippen LogP contribution in [0.2, 0.25) is 0 Å². The lowest BCUT2D eigenvalue weighted by atomic mass is 10.0. The van der Waals surface area contributed by atoms with Crippen LogP contribution >= 0.6 is 0 Å². The number of aromatic nitrogens is 2. The minimum atomic E-state index is 0.306. The van der Waals surface area contributed by atoms with Gasteiger partial charge in [-0.25, -0.2) is 0 Å². The Hall–Kier alpha value is -1.47. The molecule has 2 aliphatic rings. The molecule has 2 fully saturated rings. The standard InChI is InChI=1S/C15H25N5O2/c1-12-17-14(22-18-12)11-19-6-8-20(9-7-19)15(21)3-2-13-4-5-16-10-13/h13,16H,2-11H2,1H3. The lowest BCUT2D eigenvalue weighted by Gasteiger charge is -2.34. The molecule has 1 aromatic rings. The fourth-order valence-corrected chi connectivity index (χ4v) is 3.20. The number of piperazine rings is 1. The van der Waals surface area contributed by atoms with Crippen molar-refractivity contribution in [2.45, 2.75) is 32.7 Å². The zero-order valence-corrected chi connectivity index (χ0v) is 13.3. The molecule has 1 unspecified atom stereocenters. The first kappa shape index (κ1) is 15.4. The molecular formula is C15H25N5O2. The summed E-state index contributed by atoms with van der Waals surface area (Å²) in [5.74, 6) is 2.32. The van der Waals surface area contributed by atoms with Gasteiger partial charge in [-0.3, -0.25) is 9.69 Å². The molecule has 3 heterocycles. The third kappa shape index (κ3) is 4.04. The van der Waals surface area contributed by atoms with Crippen molar-refractivity contribution in [2.24, 2.45) is 5.92 Å². The van der Waals surface area contributed by atoms with Crippen molar-refractivity contribution in [1.29, 1.82) is 0 Å². The van der Waals surface area contributed by atoms with Crippen LogP contribution in [0.5, 0.6) is 0 Å². The van der Waals surface area contributed by atoms with Crippen molar-refractivity contribution in [3.8, 4) is 0 Å². The molecule has 7 heteroatoms. The zero-order valence-electron chi connectivity index (χ0n) is 13.3. The number of amides is 1. The Bertz CT molecular complexity index is 490. The van der Waals surface area contributed by atoms with Crippen LogP contribution in [-0.4, -0.2) is 65.1 Å². The van der Waals surface area contributed by atoms with Crippen molar-refractivity contribution < 1.29 is 9.32 Å². The molecule has 0 aliphatic carbocycles. The normalized spacial score (nSPS) is 23.1. The average Bonchev–Trinajstić information content (AvgIpc) is 3.17. The number of aryl methyl sites for hydroxylation is 1. The van der Waals surface area contributed by atoms with Gasteiger partial charge >= 0.3 is 0 Å². The van der Waals surface area contributed by atoms with E-state index < -0.39 is 0 Å². The average molecular weight is 307 g/mol. The highest BCUT2D eigenvalue weighted by Gasteiger charge is 2.23. The molecule has 2 saturated heterocycles. The summed E-state index contributed by atoms with van der Waals surface area (Å²) in [6, 6.07) is 0. The summed E-state index contributed by atoms with van der Waals surface area (Å²) in [6.07, 6.45) is 2.92. The van der Waals surface area contributed by atoms with E-state index in [0.717, 1.165) is 45.7 Å². The molecule has 2 aliphatic heterocycles. The van der Waals surface area contributed by atoms with Gasteiger partial charge in [0.15, 0.2) is 5.82 Å². The molecule has 122 valence electrons. The fraction of sp³-hybridized carbons (Fsp3) is 0.800. The predicted molar refractivity (Wildman–Crippen MR) is 81.1 cm³/mol. The second-order valence-electron chi connectivity index (χ2n) is 6.29. The number of nitrogens with zero attached hydrogens (tertiary/aromatic N) is 4. The first-order valence-corrected chi connectivity index (χ1v) is 8.21. The molecule has 1 atom stereocenters. The maximum Gasteiger partial charge on any atom is 0.240 e. The highest BCUT2D eigenvalue weighted by molar-refractivity contribution is 5.76. The highest BCUT2D eigenvalue weighted by atomic mass is 16.5. The molecule has 0 spiro atoms. The zero-order chi connectivity index (χ0) is 15.4. The van der Waals surface area contributed by atoms with Crippen LogP contribution in [0.15, 0.2) is 4.52 Å². The van der Waals surface area contributed by atoms with Crippen molar-refractivity contribution in [1.82, 2.24) is 25.3 Å². The van der Waals surface area contributed by atoms with Crippen LogP contribution in [0.3, 0.4) is 0 Å². The van der Waals surface area contributed by atoms with Crippen LogP contribution < -0.4 is 5.32 Å². The van der Waals surface area contributed by atoms with Crippen molar-refractivity contribution >= 4 is 5.91 Å². The fourth-order valence-electron chi connectivity index (χ4n) is 3.20. The van der Waals surface area contributed by atoms with Gasteiger partial charge in [0.1, 0.15) is 0 Å². The third-order valence-corrected chi connectivity index (χ3v) is 4.58. The molecule has 0 radical (unpaired) electrons. The summed E-state index contributed by atoms with van der Waals surface area (Å²) in [5.41, 5.74) is 0. The second-order valence-corrected chi connectivity index (χ2v) is 6.29. The Kier molecular flexibility index (Phi) is 5.04. The van der Waals surface area contributed by atoms with E-state index >= 15 is 0 Å². The first-order valence-electron chi connectivity index (χ1n) is 8.21. The monoisotopic (exact) mass is 307 g/mol. The van der Waals surface area contributed by atoms with E-state index in [1.165, 1.54) is 6.42 Å². The summed E-state index contributed by atoms with van der Waals surface area (Å²) < 4.78 is 5.15. The molecule has 1 aromatic heterocycles. The van der Waals surface area contributed by atoms with Crippen LogP contribution in [0, 0.1) is 12.8 Å². The quantitative estimate of drug-likeness (QED) is 0.849. The Balaban J connectivity index is 1.38. The predicted octanol–water partition coefficient (Wildman–Crippen LogP) is 0.412. The number of rotatable bonds is 5. The third-order valence-electron chi connectivity index (χ3n) is 4.58. The first-order chi connectivity index (χ1) is 10.7. The summed E-state index contributed by atoms with van der Waals surface area (Å²) in [6.45, 7) is 8.03. The molecule has 0 saturated carbocycles. The van der Waals surface area contributed by atoms with Crippen molar-refractivity contribution in [2.75, 3.05) is 39.3 Å². The van der Waals surface area contributed by atoms with Gasteiger partial charge < -0.3 is 14.7 Å². The molecule has 0 aromatic carbocycles. The number of carbonyl (C=O) groups is 1. The van der Waals surface area contributed by atoms with Gasteiger partial charge in [-0.2, -0.15) is 4.98 Å². The van der Waals surface area contributed by atoms with Gasteiger partial charge in [0, 0.05) is 32.6 Å². The van der Waals surface area contributed by atoms with Gasteiger partial charge in [0.2, 0.25) is 11.8 Å². The summed E-state index contributed by atoms with van der Waals surface area (Å²) in [4.78, 5) is 20.8. The summed E-state index contributed by atoms with van der Waals surface area (Å²) >= 11 is 0. The summed E-state index contributed by atoms with van der Waals surface area (Å²) in [7, 11) is 0. The Morgan fingerprint density at radius 1 is 1.36 bits per heavy atom. The lowest BCUT2D eigenvalue weighted by Crippen LogP contribution is -2.48. The molecule has 7 nitrogen and oxygen atoms in total. The van der Waals surface area contributed by atoms with Gasteiger partial charge in [-0.05, 0) is 38.8 Å². The topological polar surface area (TPSA) is 74.5 Å². The number of hydrogen-bond acceptors (Lipinski definition) is 6. The van der Waals surface area contributed by atoms with Gasteiger partial charge in [0.25, 0.3) is 0 Å². The maximum atomic E-state index is 12.3. The van der Waals surface area contributed by atoms with E-state index in [1.807, 2.05) is 11.8 Å². The Morgan fingerprint density at radius 2 is 2.18 bits per heavy atom. The van der Waals surface area contributed by atoms with Crippen LogP contribution in [0.25, 0.3) is 0 Å². The van der Waals surface area contributed by atoms with E-state index in [4.69, 9.17) is 4.52 Å². The van der Waals surface area contributed by atoms with Gasteiger partial charge in [-0.1, -0.05) is 5.16 Å². The smallest absolute Gasteiger partial charge is 0.240 e. The van der Waals surface area contributed by atoms with E-state index in [-0.39, 0.29) is 0 Å². The maximum absolute atomic E-state index is 12.3. The Morgan fingerprint density at radius 3 is 2.82 bits per heavy atom. The second kappa shape index (κ2) is 7.19. The molecule has 3 rings (SSSR count). The molecule has 0 bridgehead atoms. The molecule has 22 heavy (non-hydrogen) atoms. The SMILES string of the molecule is Cc1noc(CN2CCN(C(=O)CCC3CCNC3)CC2)n1. The van der Waals surface area contributed by atoms with E-state index in [0.29, 0.717) is 36.5 Å².